The van der Waals surface area contributed by atoms with Gasteiger partial charge in [0.25, 0.3) is 0 Å². The molecule has 0 bridgehead atoms. The van der Waals surface area contributed by atoms with E-state index in [0.29, 0.717) is 13.0 Å². The van der Waals surface area contributed by atoms with Gasteiger partial charge in [-0.05, 0) is 30.2 Å². The maximum Gasteiger partial charge on any atom is 0.119 e. The van der Waals surface area contributed by atoms with Crippen LogP contribution >= 0.6 is 12.4 Å². The van der Waals surface area contributed by atoms with Crippen molar-refractivity contribution in [3.8, 4) is 5.75 Å². The Kier molecular flexibility index (Phi) is 7.23. The molecule has 0 unspecified atom stereocenters. The topological polar surface area (TPSA) is 55.5 Å². The van der Waals surface area contributed by atoms with Crippen LogP contribution in [0.2, 0.25) is 0 Å². The smallest absolute Gasteiger partial charge is 0.119 e. The van der Waals surface area contributed by atoms with Gasteiger partial charge in [0.05, 0.1) is 18.8 Å². The minimum atomic E-state index is -0.616. The van der Waals surface area contributed by atoms with Crippen LogP contribution in [-0.4, -0.2) is 17.8 Å². The molecule has 0 aliphatic heterocycles. The van der Waals surface area contributed by atoms with E-state index >= 15 is 0 Å². The molecule has 3 N–H and O–H groups in total. The number of hydrogen-bond acceptors (Lipinski definition) is 3. The molecule has 0 radical (unpaired) electrons. The van der Waals surface area contributed by atoms with E-state index in [1.807, 2.05) is 61.5 Å². The van der Waals surface area contributed by atoms with Gasteiger partial charge in [0, 0.05) is 6.42 Å². The van der Waals surface area contributed by atoms with E-state index in [0.717, 1.165) is 16.9 Å². The highest BCUT2D eigenvalue weighted by Gasteiger charge is 2.17. The fourth-order valence-electron chi connectivity index (χ4n) is 2.18. The second-order valence-corrected chi connectivity index (χ2v) is 4.79. The molecular weight excluding hydrogens is 286 g/mol. The van der Waals surface area contributed by atoms with Crippen molar-refractivity contribution in [3.63, 3.8) is 0 Å². The van der Waals surface area contributed by atoms with E-state index < -0.39 is 12.1 Å². The van der Waals surface area contributed by atoms with Crippen LogP contribution in [0.15, 0.2) is 54.6 Å². The van der Waals surface area contributed by atoms with Crippen LogP contribution in [0.5, 0.6) is 5.75 Å². The van der Waals surface area contributed by atoms with E-state index in [1.54, 1.807) is 0 Å². The van der Waals surface area contributed by atoms with Gasteiger partial charge in [-0.2, -0.15) is 0 Å². The Morgan fingerprint density at radius 1 is 1.10 bits per heavy atom. The van der Waals surface area contributed by atoms with Crippen LogP contribution in [0.1, 0.15) is 24.1 Å². The van der Waals surface area contributed by atoms with Gasteiger partial charge in [-0.3, -0.25) is 0 Å². The predicted octanol–water partition coefficient (Wildman–Crippen LogP) is 3.11. The van der Waals surface area contributed by atoms with Crippen LogP contribution in [-0.2, 0) is 6.42 Å². The van der Waals surface area contributed by atoms with E-state index in [-0.39, 0.29) is 12.4 Å². The minimum Gasteiger partial charge on any atom is -0.494 e. The van der Waals surface area contributed by atoms with Gasteiger partial charge in [0.15, 0.2) is 0 Å². The molecule has 0 aromatic heterocycles. The average Bonchev–Trinajstić information content (AvgIpc) is 2.48. The number of aliphatic hydroxyl groups is 1. The summed E-state index contributed by atoms with van der Waals surface area (Å²) in [6.45, 7) is 2.56. The molecule has 0 fully saturated rings. The van der Waals surface area contributed by atoms with Crippen molar-refractivity contribution < 1.29 is 9.84 Å². The van der Waals surface area contributed by atoms with Crippen LogP contribution < -0.4 is 10.5 Å². The Morgan fingerprint density at radius 2 is 1.81 bits per heavy atom. The monoisotopic (exact) mass is 307 g/mol. The minimum absolute atomic E-state index is 0. The zero-order chi connectivity index (χ0) is 14.4. The number of hydrogen-bond donors (Lipinski definition) is 2. The highest BCUT2D eigenvalue weighted by atomic mass is 35.5. The summed E-state index contributed by atoms with van der Waals surface area (Å²) in [4.78, 5) is 0. The number of aliphatic hydroxyl groups excluding tert-OH is 1. The quantitative estimate of drug-likeness (QED) is 0.862. The lowest BCUT2D eigenvalue weighted by Crippen LogP contribution is -2.28. The normalized spacial score (nSPS) is 13.1. The van der Waals surface area contributed by atoms with Crippen molar-refractivity contribution in [2.24, 2.45) is 5.73 Å². The molecule has 0 saturated heterocycles. The third-order valence-corrected chi connectivity index (χ3v) is 3.26. The largest absolute Gasteiger partial charge is 0.494 e. The SMILES string of the molecule is CCOc1cccc([C@@H](N)[C@@H](O)Cc2ccccc2)c1.Cl. The first kappa shape index (κ1) is 17.5. The van der Waals surface area contributed by atoms with Gasteiger partial charge in [0.2, 0.25) is 0 Å². The zero-order valence-electron chi connectivity index (χ0n) is 12.1. The average molecular weight is 308 g/mol. The first-order chi connectivity index (χ1) is 9.70. The molecule has 0 saturated carbocycles. The van der Waals surface area contributed by atoms with Crippen molar-refractivity contribution in [1.82, 2.24) is 0 Å². The Morgan fingerprint density at radius 3 is 2.48 bits per heavy atom. The van der Waals surface area contributed by atoms with Gasteiger partial charge in [0.1, 0.15) is 5.75 Å². The second-order valence-electron chi connectivity index (χ2n) is 4.79. The number of rotatable bonds is 6. The molecule has 114 valence electrons. The number of benzene rings is 2. The lowest BCUT2D eigenvalue weighted by Gasteiger charge is -2.20. The molecule has 0 spiro atoms. The maximum atomic E-state index is 10.3. The van der Waals surface area contributed by atoms with Gasteiger partial charge in [-0.15, -0.1) is 12.4 Å². The Labute approximate surface area is 132 Å². The lowest BCUT2D eigenvalue weighted by atomic mass is 9.97. The molecule has 2 atom stereocenters. The fraction of sp³-hybridized carbons (Fsp3) is 0.294. The summed E-state index contributed by atoms with van der Waals surface area (Å²) in [6, 6.07) is 17.0. The number of halogens is 1. The van der Waals surface area contributed by atoms with Crippen LogP contribution in [0, 0.1) is 0 Å². The highest BCUT2D eigenvalue weighted by Crippen LogP contribution is 2.22. The summed E-state index contributed by atoms with van der Waals surface area (Å²) in [5.41, 5.74) is 8.11. The first-order valence-electron chi connectivity index (χ1n) is 6.91. The molecule has 0 amide bonds. The molecule has 2 rings (SSSR count). The molecular formula is C17H22ClNO2. The third-order valence-electron chi connectivity index (χ3n) is 3.26. The summed E-state index contributed by atoms with van der Waals surface area (Å²) in [7, 11) is 0. The van der Waals surface area contributed by atoms with Gasteiger partial charge < -0.3 is 15.6 Å². The van der Waals surface area contributed by atoms with Crippen molar-refractivity contribution in [2.45, 2.75) is 25.5 Å². The molecule has 2 aromatic rings. The Hall–Kier alpha value is -1.55. The summed E-state index contributed by atoms with van der Waals surface area (Å²) in [6.07, 6.45) is -0.0739. The number of ether oxygens (including phenoxy) is 1. The molecule has 0 aliphatic rings. The summed E-state index contributed by atoms with van der Waals surface area (Å²) >= 11 is 0. The molecule has 0 heterocycles. The molecule has 2 aromatic carbocycles. The Balaban J connectivity index is 0.00000220. The van der Waals surface area contributed by atoms with E-state index in [1.165, 1.54) is 0 Å². The summed E-state index contributed by atoms with van der Waals surface area (Å²) in [5.74, 6) is 0.785. The van der Waals surface area contributed by atoms with Crippen molar-refractivity contribution in [3.05, 3.63) is 65.7 Å². The number of nitrogens with two attached hydrogens (primary N) is 1. The van der Waals surface area contributed by atoms with E-state index in [4.69, 9.17) is 10.5 Å². The molecule has 3 nitrogen and oxygen atoms in total. The van der Waals surface area contributed by atoms with Gasteiger partial charge >= 0.3 is 0 Å². The van der Waals surface area contributed by atoms with Crippen LogP contribution in [0.3, 0.4) is 0 Å². The second kappa shape index (κ2) is 8.67. The third kappa shape index (κ3) is 5.05. The van der Waals surface area contributed by atoms with Gasteiger partial charge in [-0.1, -0.05) is 42.5 Å². The zero-order valence-corrected chi connectivity index (χ0v) is 12.9. The predicted molar refractivity (Wildman–Crippen MR) is 87.9 cm³/mol. The maximum absolute atomic E-state index is 10.3. The molecule has 21 heavy (non-hydrogen) atoms. The Bertz CT molecular complexity index is 533. The van der Waals surface area contributed by atoms with Crippen molar-refractivity contribution in [2.75, 3.05) is 6.61 Å². The summed E-state index contributed by atoms with van der Waals surface area (Å²) < 4.78 is 5.46. The van der Waals surface area contributed by atoms with Crippen LogP contribution in [0.25, 0.3) is 0 Å². The standard InChI is InChI=1S/C17H21NO2.ClH/c1-2-20-15-10-6-9-14(12-15)17(18)16(19)11-13-7-4-3-5-8-13;/h3-10,12,16-17,19H,2,11,18H2,1H3;1H/t16-,17+;/m0./s1. The summed E-state index contributed by atoms with van der Waals surface area (Å²) in [5, 5.41) is 10.3. The van der Waals surface area contributed by atoms with Crippen molar-refractivity contribution in [1.29, 1.82) is 0 Å². The first-order valence-corrected chi connectivity index (χ1v) is 6.91. The van der Waals surface area contributed by atoms with Crippen molar-refractivity contribution >= 4 is 12.4 Å². The molecule has 4 heteroatoms. The fourth-order valence-corrected chi connectivity index (χ4v) is 2.18. The highest BCUT2D eigenvalue weighted by molar-refractivity contribution is 5.85. The van der Waals surface area contributed by atoms with E-state index in [9.17, 15) is 5.11 Å². The van der Waals surface area contributed by atoms with Gasteiger partial charge in [-0.25, -0.2) is 0 Å². The molecule has 0 aliphatic carbocycles. The van der Waals surface area contributed by atoms with E-state index in [2.05, 4.69) is 0 Å². The lowest BCUT2D eigenvalue weighted by molar-refractivity contribution is 0.145. The van der Waals surface area contributed by atoms with Crippen LogP contribution in [0.4, 0.5) is 0 Å².